The monoisotopic (exact) mass is 255 g/mol. The topological polar surface area (TPSA) is 58.4 Å². The largest absolute Gasteiger partial charge is 0.353 e. The summed E-state index contributed by atoms with van der Waals surface area (Å²) in [5.41, 5.74) is 5.58. The first kappa shape index (κ1) is 15.4. The molecule has 4 nitrogen and oxygen atoms in total. The van der Waals surface area contributed by atoms with E-state index in [-0.39, 0.29) is 5.91 Å². The Balaban J connectivity index is 2.20. The van der Waals surface area contributed by atoms with E-state index in [0.29, 0.717) is 6.54 Å². The molecule has 0 heterocycles. The van der Waals surface area contributed by atoms with Crippen LogP contribution in [-0.2, 0) is 4.79 Å². The fourth-order valence-corrected chi connectivity index (χ4v) is 2.49. The van der Waals surface area contributed by atoms with Gasteiger partial charge in [0.1, 0.15) is 0 Å². The van der Waals surface area contributed by atoms with Gasteiger partial charge in [-0.3, -0.25) is 4.79 Å². The molecule has 3 N–H and O–H groups in total. The van der Waals surface area contributed by atoms with Gasteiger partial charge in [-0.2, -0.15) is 0 Å². The van der Waals surface area contributed by atoms with E-state index in [1.165, 1.54) is 19.3 Å². The Kier molecular flexibility index (Phi) is 6.65. The van der Waals surface area contributed by atoms with Crippen LogP contribution in [0, 0.1) is 0 Å². The molecule has 0 aromatic heterocycles. The average molecular weight is 255 g/mol. The smallest absolute Gasteiger partial charge is 0.240 e. The first-order chi connectivity index (χ1) is 8.58. The highest BCUT2D eigenvalue weighted by atomic mass is 16.2. The third-order valence-electron chi connectivity index (χ3n) is 3.87. The minimum absolute atomic E-state index is 0.0473. The lowest BCUT2D eigenvalue weighted by Gasteiger charge is -2.32. The van der Waals surface area contributed by atoms with Gasteiger partial charge in [0.15, 0.2) is 0 Å². The summed E-state index contributed by atoms with van der Waals surface area (Å²) < 4.78 is 0. The van der Waals surface area contributed by atoms with Crippen molar-refractivity contribution in [1.29, 1.82) is 0 Å². The van der Waals surface area contributed by atoms with Crippen LogP contribution in [0.2, 0.25) is 0 Å². The molecule has 1 amide bonds. The molecule has 0 aromatic rings. The van der Waals surface area contributed by atoms with E-state index in [2.05, 4.69) is 24.2 Å². The van der Waals surface area contributed by atoms with E-state index in [1.54, 1.807) is 0 Å². The van der Waals surface area contributed by atoms with Crippen molar-refractivity contribution in [1.82, 2.24) is 10.2 Å². The Morgan fingerprint density at radius 1 is 1.28 bits per heavy atom. The molecular formula is C14H29N3O. The predicted octanol–water partition coefficient (Wildman–Crippen LogP) is 1.50. The molecule has 0 aliphatic heterocycles. The van der Waals surface area contributed by atoms with Crippen LogP contribution in [0.15, 0.2) is 0 Å². The fraction of sp³-hybridized carbons (Fsp3) is 0.929. The molecule has 18 heavy (non-hydrogen) atoms. The Morgan fingerprint density at radius 3 is 2.56 bits per heavy atom. The van der Waals surface area contributed by atoms with Gasteiger partial charge in [-0.15, -0.1) is 0 Å². The highest BCUT2D eigenvalue weighted by Gasteiger charge is 2.34. The van der Waals surface area contributed by atoms with Crippen LogP contribution in [0.3, 0.4) is 0 Å². The van der Waals surface area contributed by atoms with Crippen molar-refractivity contribution in [2.45, 2.75) is 57.4 Å². The number of rotatable bonds is 7. The molecule has 1 rings (SSSR count). The summed E-state index contributed by atoms with van der Waals surface area (Å²) in [5.74, 6) is 0.0473. The predicted molar refractivity (Wildman–Crippen MR) is 75.4 cm³/mol. The van der Waals surface area contributed by atoms with Crippen molar-refractivity contribution in [3.05, 3.63) is 0 Å². The van der Waals surface area contributed by atoms with Gasteiger partial charge in [-0.25, -0.2) is 0 Å². The second-order valence-corrected chi connectivity index (χ2v) is 5.63. The number of hydrogen-bond donors (Lipinski definition) is 2. The number of nitrogens with one attached hydrogen (secondary N) is 1. The van der Waals surface area contributed by atoms with Crippen LogP contribution in [0.1, 0.15) is 51.9 Å². The van der Waals surface area contributed by atoms with Crippen molar-refractivity contribution < 1.29 is 4.79 Å². The van der Waals surface area contributed by atoms with Gasteiger partial charge in [0.2, 0.25) is 5.91 Å². The Hall–Kier alpha value is -0.610. The van der Waals surface area contributed by atoms with Gasteiger partial charge in [0, 0.05) is 13.1 Å². The molecule has 0 atom stereocenters. The van der Waals surface area contributed by atoms with Crippen molar-refractivity contribution in [3.8, 4) is 0 Å². The van der Waals surface area contributed by atoms with Gasteiger partial charge in [-0.1, -0.05) is 32.6 Å². The van der Waals surface area contributed by atoms with Crippen molar-refractivity contribution in [2.75, 3.05) is 26.7 Å². The lowest BCUT2D eigenvalue weighted by Crippen LogP contribution is -2.55. The Labute approximate surface area is 111 Å². The minimum atomic E-state index is -0.597. The molecule has 106 valence electrons. The van der Waals surface area contributed by atoms with E-state index >= 15 is 0 Å². The van der Waals surface area contributed by atoms with Crippen molar-refractivity contribution >= 4 is 5.91 Å². The molecule has 1 saturated carbocycles. The summed E-state index contributed by atoms with van der Waals surface area (Å²) in [6.45, 7) is 4.90. The zero-order valence-corrected chi connectivity index (χ0v) is 12.0. The summed E-state index contributed by atoms with van der Waals surface area (Å²) in [5, 5.41) is 2.99. The number of carbonyl (C=O) groups is 1. The quantitative estimate of drug-likeness (QED) is 0.725. The van der Waals surface area contributed by atoms with E-state index in [1.807, 2.05) is 0 Å². The van der Waals surface area contributed by atoms with Gasteiger partial charge in [0.25, 0.3) is 0 Å². The summed E-state index contributed by atoms with van der Waals surface area (Å²) in [6.07, 6.45) is 7.48. The number of amides is 1. The van der Waals surface area contributed by atoms with Crippen molar-refractivity contribution in [2.24, 2.45) is 5.73 Å². The number of carbonyl (C=O) groups excluding carboxylic acids is 1. The van der Waals surface area contributed by atoms with Crippen molar-refractivity contribution in [3.63, 3.8) is 0 Å². The standard InChI is InChI=1S/C14H29N3O/c1-3-4-11-17(2)12-10-16-13(18)14(15)8-6-5-7-9-14/h3-12,15H2,1-2H3,(H,16,18). The van der Waals surface area contributed by atoms with E-state index in [4.69, 9.17) is 5.73 Å². The molecule has 1 fully saturated rings. The molecule has 0 aromatic carbocycles. The van der Waals surface area contributed by atoms with Crippen LogP contribution in [0.4, 0.5) is 0 Å². The maximum atomic E-state index is 12.1. The lowest BCUT2D eigenvalue weighted by atomic mass is 9.82. The molecule has 0 spiro atoms. The molecule has 0 bridgehead atoms. The molecular weight excluding hydrogens is 226 g/mol. The van der Waals surface area contributed by atoms with E-state index < -0.39 is 5.54 Å². The van der Waals surface area contributed by atoms with Gasteiger partial charge >= 0.3 is 0 Å². The maximum Gasteiger partial charge on any atom is 0.240 e. The minimum Gasteiger partial charge on any atom is -0.353 e. The number of likely N-dealkylation sites (N-methyl/N-ethyl adjacent to an activating group) is 1. The zero-order valence-electron chi connectivity index (χ0n) is 12.0. The van der Waals surface area contributed by atoms with Crippen LogP contribution < -0.4 is 11.1 Å². The maximum absolute atomic E-state index is 12.1. The summed E-state index contributed by atoms with van der Waals surface area (Å²) in [6, 6.07) is 0. The van der Waals surface area contributed by atoms with Gasteiger partial charge in [-0.05, 0) is 32.9 Å². The third-order valence-corrected chi connectivity index (χ3v) is 3.87. The molecule has 0 unspecified atom stereocenters. The molecule has 0 radical (unpaired) electrons. The van der Waals surface area contributed by atoms with E-state index in [9.17, 15) is 4.79 Å². The second kappa shape index (κ2) is 7.74. The SMILES string of the molecule is CCCCN(C)CCNC(=O)C1(N)CCCCC1. The lowest BCUT2D eigenvalue weighted by molar-refractivity contribution is -0.127. The summed E-state index contributed by atoms with van der Waals surface area (Å²) in [4.78, 5) is 14.3. The first-order valence-corrected chi connectivity index (χ1v) is 7.34. The average Bonchev–Trinajstić information content (AvgIpc) is 2.37. The number of hydrogen-bond acceptors (Lipinski definition) is 3. The van der Waals surface area contributed by atoms with Gasteiger partial charge < -0.3 is 16.0 Å². The van der Waals surface area contributed by atoms with Crippen LogP contribution in [0.5, 0.6) is 0 Å². The third kappa shape index (κ3) is 4.94. The van der Waals surface area contributed by atoms with Crippen LogP contribution >= 0.6 is 0 Å². The van der Waals surface area contributed by atoms with Crippen LogP contribution in [0.25, 0.3) is 0 Å². The highest BCUT2D eigenvalue weighted by molar-refractivity contribution is 5.86. The second-order valence-electron chi connectivity index (χ2n) is 5.63. The normalized spacial score (nSPS) is 18.9. The number of nitrogens with zero attached hydrogens (tertiary/aromatic N) is 1. The Morgan fingerprint density at radius 2 is 1.94 bits per heavy atom. The molecule has 1 aliphatic carbocycles. The molecule has 1 aliphatic rings. The first-order valence-electron chi connectivity index (χ1n) is 7.34. The summed E-state index contributed by atoms with van der Waals surface area (Å²) in [7, 11) is 2.10. The summed E-state index contributed by atoms with van der Waals surface area (Å²) >= 11 is 0. The number of unbranched alkanes of at least 4 members (excludes halogenated alkanes) is 1. The number of nitrogens with two attached hydrogens (primary N) is 1. The van der Waals surface area contributed by atoms with E-state index in [0.717, 1.165) is 38.8 Å². The Bertz CT molecular complexity index is 249. The van der Waals surface area contributed by atoms with Crippen LogP contribution in [-0.4, -0.2) is 43.0 Å². The molecule has 4 heteroatoms. The fourth-order valence-electron chi connectivity index (χ4n) is 2.49. The highest BCUT2D eigenvalue weighted by Crippen LogP contribution is 2.25. The van der Waals surface area contributed by atoms with Gasteiger partial charge in [0.05, 0.1) is 5.54 Å². The zero-order chi connectivity index (χ0) is 13.4. The molecule has 0 saturated heterocycles.